The molecule has 78 valence electrons. The third-order valence-electron chi connectivity index (χ3n) is 1.64. The predicted molar refractivity (Wildman–Crippen MR) is 53.7 cm³/mol. The average Bonchev–Trinajstić information content (AvgIpc) is 2.51. The van der Waals surface area contributed by atoms with Crippen LogP contribution in [0.3, 0.4) is 0 Å². The minimum Gasteiger partial charge on any atom is -0.490 e. The van der Waals surface area contributed by atoms with Crippen LogP contribution in [0.2, 0.25) is 0 Å². The molecule has 0 bridgehead atoms. The number of hydrogen-bond acceptors (Lipinski definition) is 4. The molecule has 0 radical (unpaired) electrons. The molecule has 0 spiro atoms. The van der Waals surface area contributed by atoms with Crippen LogP contribution < -0.4 is 0 Å². The fraction of sp³-hybridized carbons (Fsp3) is 0.600. The lowest BCUT2D eigenvalue weighted by molar-refractivity contribution is 0.290. The third-order valence-corrected chi connectivity index (χ3v) is 1.64. The van der Waals surface area contributed by atoms with Gasteiger partial charge >= 0.3 is 0 Å². The zero-order valence-electron chi connectivity index (χ0n) is 9.13. The van der Waals surface area contributed by atoms with Crippen molar-refractivity contribution >= 4 is 5.76 Å². The second-order valence-corrected chi connectivity index (χ2v) is 4.03. The Hall–Kier alpha value is -1.32. The molecule has 4 heteroatoms. The second-order valence-electron chi connectivity index (χ2n) is 4.03. The molecule has 1 aromatic rings. The van der Waals surface area contributed by atoms with Crippen LogP contribution in [0, 0.1) is 0 Å². The van der Waals surface area contributed by atoms with Crippen molar-refractivity contribution in [1.29, 1.82) is 0 Å². The van der Waals surface area contributed by atoms with Gasteiger partial charge in [-0.3, -0.25) is 0 Å². The van der Waals surface area contributed by atoms with Crippen LogP contribution in [0.5, 0.6) is 0 Å². The summed E-state index contributed by atoms with van der Waals surface area (Å²) in [5.41, 5.74) is -0.141. The summed E-state index contributed by atoms with van der Waals surface area (Å²) in [5, 5.41) is 3.79. The van der Waals surface area contributed by atoms with E-state index in [1.165, 1.54) is 0 Å². The van der Waals surface area contributed by atoms with Crippen LogP contribution in [0.25, 0.3) is 5.76 Å². The highest BCUT2D eigenvalue weighted by atomic mass is 16.5. The lowest BCUT2D eigenvalue weighted by Gasteiger charge is -2.10. The van der Waals surface area contributed by atoms with E-state index in [0.717, 1.165) is 0 Å². The van der Waals surface area contributed by atoms with Gasteiger partial charge in [0, 0.05) is 5.41 Å². The first-order chi connectivity index (χ1) is 6.45. The SMILES string of the molecule is C=C(OCC)c1noc(C(C)(C)C)n1. The Labute approximate surface area is 84.0 Å². The van der Waals surface area contributed by atoms with Crippen LogP contribution >= 0.6 is 0 Å². The Morgan fingerprint density at radius 2 is 2.14 bits per heavy atom. The van der Waals surface area contributed by atoms with E-state index in [2.05, 4.69) is 16.7 Å². The van der Waals surface area contributed by atoms with Crippen molar-refractivity contribution in [3.63, 3.8) is 0 Å². The van der Waals surface area contributed by atoms with Crippen molar-refractivity contribution in [2.45, 2.75) is 33.1 Å². The van der Waals surface area contributed by atoms with Crippen molar-refractivity contribution < 1.29 is 9.26 Å². The first-order valence-corrected chi connectivity index (χ1v) is 4.61. The summed E-state index contributed by atoms with van der Waals surface area (Å²) in [6.07, 6.45) is 0. The Balaban J connectivity index is 2.83. The van der Waals surface area contributed by atoms with E-state index in [1.807, 2.05) is 27.7 Å². The van der Waals surface area contributed by atoms with Crippen molar-refractivity contribution in [3.05, 3.63) is 18.3 Å². The van der Waals surface area contributed by atoms with Gasteiger partial charge in [-0.15, -0.1) is 0 Å². The molecule has 0 aromatic carbocycles. The maximum atomic E-state index is 5.17. The lowest BCUT2D eigenvalue weighted by Crippen LogP contribution is -2.11. The lowest BCUT2D eigenvalue weighted by atomic mass is 9.97. The Morgan fingerprint density at radius 3 is 2.57 bits per heavy atom. The van der Waals surface area contributed by atoms with Crippen molar-refractivity contribution in [1.82, 2.24) is 10.1 Å². The molecule has 4 nitrogen and oxygen atoms in total. The second kappa shape index (κ2) is 3.82. The van der Waals surface area contributed by atoms with Crippen LogP contribution in [0.4, 0.5) is 0 Å². The summed E-state index contributed by atoms with van der Waals surface area (Å²) in [4.78, 5) is 4.20. The quantitative estimate of drug-likeness (QED) is 0.696. The molecule has 0 N–H and O–H groups in total. The molecule has 0 aliphatic carbocycles. The zero-order valence-corrected chi connectivity index (χ0v) is 9.13. The standard InChI is InChI=1S/C10H16N2O2/c1-6-13-7(2)8-11-9(14-12-8)10(3,4)5/h2,6H2,1,3-5H3. The fourth-order valence-electron chi connectivity index (χ4n) is 0.880. The Bertz CT molecular complexity index is 323. The van der Waals surface area contributed by atoms with Crippen molar-refractivity contribution in [2.24, 2.45) is 0 Å². The van der Waals surface area contributed by atoms with E-state index < -0.39 is 0 Å². The van der Waals surface area contributed by atoms with Crippen LogP contribution in [-0.4, -0.2) is 16.7 Å². The zero-order chi connectivity index (χ0) is 10.8. The van der Waals surface area contributed by atoms with E-state index in [1.54, 1.807) is 0 Å². The Morgan fingerprint density at radius 1 is 1.50 bits per heavy atom. The van der Waals surface area contributed by atoms with Gasteiger partial charge in [0.15, 0.2) is 5.76 Å². The monoisotopic (exact) mass is 196 g/mol. The number of hydrogen-bond donors (Lipinski definition) is 0. The maximum Gasteiger partial charge on any atom is 0.236 e. The maximum absolute atomic E-state index is 5.17. The van der Waals surface area contributed by atoms with Gasteiger partial charge in [0.1, 0.15) is 0 Å². The molecule has 0 unspecified atom stereocenters. The highest BCUT2D eigenvalue weighted by Crippen LogP contribution is 2.21. The molecule has 1 heterocycles. The van der Waals surface area contributed by atoms with Crippen LogP contribution in [0.1, 0.15) is 39.4 Å². The molecule has 0 aliphatic heterocycles. The summed E-state index contributed by atoms with van der Waals surface area (Å²) >= 11 is 0. The van der Waals surface area contributed by atoms with Gasteiger partial charge in [0.2, 0.25) is 11.7 Å². The van der Waals surface area contributed by atoms with Crippen molar-refractivity contribution in [2.75, 3.05) is 6.61 Å². The minimum absolute atomic E-state index is 0.141. The molecular formula is C10H16N2O2. The normalized spacial score (nSPS) is 11.4. The van der Waals surface area contributed by atoms with E-state index in [0.29, 0.717) is 24.1 Å². The van der Waals surface area contributed by atoms with E-state index in [-0.39, 0.29) is 5.41 Å². The summed E-state index contributed by atoms with van der Waals surface area (Å²) < 4.78 is 10.3. The van der Waals surface area contributed by atoms with Gasteiger partial charge in [-0.1, -0.05) is 32.5 Å². The largest absolute Gasteiger partial charge is 0.490 e. The molecular weight excluding hydrogens is 180 g/mol. The summed E-state index contributed by atoms with van der Waals surface area (Å²) in [5.74, 6) is 1.47. The molecule has 1 rings (SSSR count). The number of rotatable bonds is 3. The number of nitrogens with zero attached hydrogens (tertiary/aromatic N) is 2. The molecule has 0 saturated heterocycles. The van der Waals surface area contributed by atoms with E-state index in [9.17, 15) is 0 Å². The smallest absolute Gasteiger partial charge is 0.236 e. The topological polar surface area (TPSA) is 48.2 Å². The molecule has 0 amide bonds. The predicted octanol–water partition coefficient (Wildman–Crippen LogP) is 2.37. The molecule has 14 heavy (non-hydrogen) atoms. The third kappa shape index (κ3) is 2.34. The van der Waals surface area contributed by atoms with E-state index in [4.69, 9.17) is 9.26 Å². The molecule has 1 aromatic heterocycles. The fourth-order valence-corrected chi connectivity index (χ4v) is 0.880. The average molecular weight is 196 g/mol. The Kier molecular flexibility index (Phi) is 2.93. The summed E-state index contributed by atoms with van der Waals surface area (Å²) in [6.45, 7) is 12.2. The van der Waals surface area contributed by atoms with Gasteiger partial charge in [-0.05, 0) is 6.92 Å². The first-order valence-electron chi connectivity index (χ1n) is 4.61. The van der Waals surface area contributed by atoms with Gasteiger partial charge in [-0.2, -0.15) is 4.98 Å². The van der Waals surface area contributed by atoms with Gasteiger partial charge in [-0.25, -0.2) is 0 Å². The number of aromatic nitrogens is 2. The summed E-state index contributed by atoms with van der Waals surface area (Å²) in [6, 6.07) is 0. The van der Waals surface area contributed by atoms with Gasteiger partial charge < -0.3 is 9.26 Å². The highest BCUT2D eigenvalue weighted by molar-refractivity contribution is 5.48. The minimum atomic E-state index is -0.141. The highest BCUT2D eigenvalue weighted by Gasteiger charge is 2.22. The van der Waals surface area contributed by atoms with Gasteiger partial charge in [0.05, 0.1) is 6.61 Å². The molecule has 0 aliphatic rings. The van der Waals surface area contributed by atoms with Gasteiger partial charge in [0.25, 0.3) is 0 Å². The van der Waals surface area contributed by atoms with Crippen LogP contribution in [0.15, 0.2) is 11.1 Å². The first kappa shape index (κ1) is 10.8. The number of ether oxygens (including phenoxy) is 1. The molecule has 0 fully saturated rings. The van der Waals surface area contributed by atoms with E-state index >= 15 is 0 Å². The molecule has 0 saturated carbocycles. The van der Waals surface area contributed by atoms with Crippen molar-refractivity contribution in [3.8, 4) is 0 Å². The summed E-state index contributed by atoms with van der Waals surface area (Å²) in [7, 11) is 0. The molecule has 0 atom stereocenters. The van der Waals surface area contributed by atoms with Crippen LogP contribution in [-0.2, 0) is 10.2 Å².